The van der Waals surface area contributed by atoms with Crippen molar-refractivity contribution in [2.75, 3.05) is 6.54 Å². The van der Waals surface area contributed by atoms with Crippen molar-refractivity contribution in [3.8, 4) is 11.4 Å². The van der Waals surface area contributed by atoms with Crippen LogP contribution in [0.3, 0.4) is 0 Å². The zero-order valence-corrected chi connectivity index (χ0v) is 19.7. The molecule has 0 amide bonds. The van der Waals surface area contributed by atoms with Crippen molar-refractivity contribution in [1.82, 2.24) is 14.8 Å². The van der Waals surface area contributed by atoms with Crippen LogP contribution in [0.25, 0.3) is 5.69 Å². The van der Waals surface area contributed by atoms with Gasteiger partial charge in [-0.05, 0) is 55.0 Å². The van der Waals surface area contributed by atoms with Gasteiger partial charge in [-0.15, -0.1) is 10.2 Å². The van der Waals surface area contributed by atoms with Crippen LogP contribution in [0.2, 0.25) is 5.02 Å². The predicted octanol–water partition coefficient (Wildman–Crippen LogP) is 6.06. The van der Waals surface area contributed by atoms with E-state index in [1.807, 2.05) is 18.2 Å². The van der Waals surface area contributed by atoms with Crippen molar-refractivity contribution < 1.29 is 14.1 Å². The second-order valence-corrected chi connectivity index (χ2v) is 8.99. The van der Waals surface area contributed by atoms with Gasteiger partial charge in [-0.3, -0.25) is 14.7 Å². The van der Waals surface area contributed by atoms with Gasteiger partial charge in [-0.25, -0.2) is 4.39 Å². The highest BCUT2D eigenvalue weighted by Gasteiger charge is 2.24. The van der Waals surface area contributed by atoms with Gasteiger partial charge in [0, 0.05) is 21.2 Å². The van der Waals surface area contributed by atoms with E-state index in [-0.39, 0.29) is 17.3 Å². The summed E-state index contributed by atoms with van der Waals surface area (Å²) in [6.45, 7) is 1.78. The Labute approximate surface area is 204 Å². The zero-order valence-electron chi connectivity index (χ0n) is 18.1. The van der Waals surface area contributed by atoms with Gasteiger partial charge in [0.15, 0.2) is 5.16 Å². The molecular weight excluding hydrogens is 479 g/mol. The van der Waals surface area contributed by atoms with Crippen molar-refractivity contribution in [3.63, 3.8) is 0 Å². The molecule has 0 aliphatic heterocycles. The van der Waals surface area contributed by atoms with Crippen molar-refractivity contribution in [3.05, 3.63) is 111 Å². The van der Waals surface area contributed by atoms with Crippen molar-refractivity contribution in [2.24, 2.45) is 0 Å². The van der Waals surface area contributed by atoms with E-state index in [4.69, 9.17) is 16.3 Å². The van der Waals surface area contributed by atoms with Gasteiger partial charge >= 0.3 is 0 Å². The molecule has 0 N–H and O–H groups in total. The molecule has 0 saturated carbocycles. The topological polar surface area (TPSA) is 83.1 Å². The molecule has 10 heteroatoms. The summed E-state index contributed by atoms with van der Waals surface area (Å²) in [6.07, 6.45) is 0. The lowest BCUT2D eigenvalue weighted by molar-refractivity contribution is -0.479. The minimum atomic E-state index is -0.518. The van der Waals surface area contributed by atoms with E-state index in [0.29, 0.717) is 34.0 Å². The number of benzene rings is 3. The number of aryl methyl sites for hydroxylation is 1. The Morgan fingerprint density at radius 1 is 1.09 bits per heavy atom. The third-order valence-electron chi connectivity index (χ3n) is 5.05. The highest BCUT2D eigenvalue weighted by Crippen LogP contribution is 2.36. The molecule has 0 radical (unpaired) electrons. The first-order valence-corrected chi connectivity index (χ1v) is 11.6. The van der Waals surface area contributed by atoms with Gasteiger partial charge in [-0.1, -0.05) is 53.7 Å². The fourth-order valence-electron chi connectivity index (χ4n) is 3.34. The summed E-state index contributed by atoms with van der Waals surface area (Å²) in [5.41, 5.74) is 2.29. The maximum atomic E-state index is 13.4. The van der Waals surface area contributed by atoms with Crippen LogP contribution < -0.4 is 4.74 Å². The first kappa shape index (κ1) is 23.7. The number of hydrogen-bond donors (Lipinski definition) is 0. The molecule has 1 aromatic heterocycles. The minimum Gasteiger partial charge on any atom is -0.489 e. The normalized spacial score (nSPS) is 11.9. The summed E-state index contributed by atoms with van der Waals surface area (Å²) in [7, 11) is 0. The minimum absolute atomic E-state index is 0.306. The molecule has 3 aromatic carbocycles. The van der Waals surface area contributed by atoms with Crippen LogP contribution in [0.5, 0.6) is 5.75 Å². The van der Waals surface area contributed by atoms with Crippen molar-refractivity contribution in [1.29, 1.82) is 0 Å². The Bertz CT molecular complexity index is 1280. The molecule has 0 unspecified atom stereocenters. The molecule has 34 heavy (non-hydrogen) atoms. The molecule has 4 rings (SSSR count). The molecule has 0 aliphatic rings. The maximum absolute atomic E-state index is 13.4. The first-order valence-electron chi connectivity index (χ1n) is 10.3. The molecule has 0 saturated heterocycles. The van der Waals surface area contributed by atoms with Crippen molar-refractivity contribution in [2.45, 2.75) is 23.9 Å². The largest absolute Gasteiger partial charge is 0.489 e. The smallest absolute Gasteiger partial charge is 0.220 e. The van der Waals surface area contributed by atoms with E-state index in [1.165, 1.54) is 23.9 Å². The number of ether oxygens (including phenoxy) is 1. The van der Waals surface area contributed by atoms with Crippen LogP contribution in [0.15, 0.2) is 78.0 Å². The Hall–Kier alpha value is -3.43. The van der Waals surface area contributed by atoms with Crippen molar-refractivity contribution >= 4 is 23.4 Å². The summed E-state index contributed by atoms with van der Waals surface area (Å²) in [5.74, 6) is 0.864. The molecule has 0 spiro atoms. The molecule has 0 fully saturated rings. The molecule has 1 atom stereocenters. The van der Waals surface area contributed by atoms with Crippen LogP contribution >= 0.6 is 23.4 Å². The summed E-state index contributed by atoms with van der Waals surface area (Å²) >= 11 is 7.40. The van der Waals surface area contributed by atoms with E-state index in [2.05, 4.69) is 10.2 Å². The van der Waals surface area contributed by atoms with E-state index in [1.54, 1.807) is 54.0 Å². The molecule has 0 bridgehead atoms. The third kappa shape index (κ3) is 5.73. The number of halogens is 2. The Balaban J connectivity index is 1.53. The number of rotatable bonds is 9. The van der Waals surface area contributed by atoms with Crippen LogP contribution in [0.4, 0.5) is 4.39 Å². The average molecular weight is 499 g/mol. The monoisotopic (exact) mass is 498 g/mol. The van der Waals surface area contributed by atoms with Gasteiger partial charge in [0.1, 0.15) is 29.2 Å². The summed E-state index contributed by atoms with van der Waals surface area (Å²) in [6, 6.07) is 20.5. The molecular formula is C24H20ClFN4O3S. The highest BCUT2D eigenvalue weighted by atomic mass is 35.5. The first-order chi connectivity index (χ1) is 16.4. The second kappa shape index (κ2) is 10.7. The summed E-state index contributed by atoms with van der Waals surface area (Å²) in [4.78, 5) is 11.0. The lowest BCUT2D eigenvalue weighted by Gasteiger charge is -2.15. The summed E-state index contributed by atoms with van der Waals surface area (Å²) in [5, 5.41) is 20.3. The number of nitrogens with zero attached hydrogens (tertiary/aromatic N) is 4. The highest BCUT2D eigenvalue weighted by molar-refractivity contribution is 7.99. The number of aromatic nitrogens is 3. The Morgan fingerprint density at radius 2 is 1.79 bits per heavy atom. The lowest BCUT2D eigenvalue weighted by atomic mass is 10.1. The zero-order chi connectivity index (χ0) is 24.1. The van der Waals surface area contributed by atoms with Gasteiger partial charge in [-0.2, -0.15) is 0 Å². The van der Waals surface area contributed by atoms with Gasteiger partial charge < -0.3 is 4.74 Å². The molecule has 7 nitrogen and oxygen atoms in total. The van der Waals surface area contributed by atoms with E-state index in [9.17, 15) is 14.5 Å². The number of thioether (sulfide) groups is 1. The van der Waals surface area contributed by atoms with E-state index >= 15 is 0 Å². The quantitative estimate of drug-likeness (QED) is 0.158. The standard InChI is InChI=1S/C24H20ClFN4O3S/c1-16-27-28-24(30(16)20-10-8-19(26)9-11-20)34-23(14-29(31)32)17-6-12-21(13-7-17)33-15-18-4-2-3-5-22(18)25/h2-13,23H,14-15H2,1H3/t23-/m1/s1. The molecule has 174 valence electrons. The SMILES string of the molecule is Cc1nnc(S[C@H](C[N+](=O)[O-])c2ccc(OCc3ccccc3Cl)cc2)n1-c1ccc(F)cc1. The van der Waals surface area contributed by atoms with Crippen LogP contribution in [-0.4, -0.2) is 26.2 Å². The van der Waals surface area contributed by atoms with Gasteiger partial charge in [0.05, 0.1) is 0 Å². The molecule has 1 heterocycles. The van der Waals surface area contributed by atoms with Crippen LogP contribution in [-0.2, 0) is 6.61 Å². The number of hydrogen-bond acceptors (Lipinski definition) is 6. The second-order valence-electron chi connectivity index (χ2n) is 7.41. The van der Waals surface area contributed by atoms with Crippen LogP contribution in [0, 0.1) is 22.9 Å². The Morgan fingerprint density at radius 3 is 2.47 bits per heavy atom. The Kier molecular flexibility index (Phi) is 7.44. The third-order valence-corrected chi connectivity index (χ3v) is 6.60. The fraction of sp³-hybridized carbons (Fsp3) is 0.167. The molecule has 0 aliphatic carbocycles. The van der Waals surface area contributed by atoms with Gasteiger partial charge in [0.25, 0.3) is 0 Å². The maximum Gasteiger partial charge on any atom is 0.220 e. The van der Waals surface area contributed by atoms with E-state index < -0.39 is 5.25 Å². The van der Waals surface area contributed by atoms with Crippen LogP contribution in [0.1, 0.15) is 22.2 Å². The van der Waals surface area contributed by atoms with Gasteiger partial charge in [0.2, 0.25) is 6.54 Å². The molecule has 4 aromatic rings. The summed E-state index contributed by atoms with van der Waals surface area (Å²) < 4.78 is 20.9. The van der Waals surface area contributed by atoms with E-state index in [0.717, 1.165) is 11.1 Å². The fourth-order valence-corrected chi connectivity index (χ4v) is 4.70. The predicted molar refractivity (Wildman–Crippen MR) is 129 cm³/mol. The lowest BCUT2D eigenvalue weighted by Crippen LogP contribution is -2.11. The average Bonchev–Trinajstić information content (AvgIpc) is 3.18. The number of nitro groups is 1.